The van der Waals surface area contributed by atoms with Crippen molar-refractivity contribution in [1.29, 1.82) is 0 Å². The van der Waals surface area contributed by atoms with Crippen molar-refractivity contribution in [3.8, 4) is 5.75 Å². The molecule has 2 aromatic rings. The number of nitrogens with zero attached hydrogens (tertiary/aromatic N) is 1. The van der Waals surface area contributed by atoms with Gasteiger partial charge in [-0.15, -0.1) is 11.3 Å². The minimum atomic E-state index is -0.0773. The summed E-state index contributed by atoms with van der Waals surface area (Å²) >= 11 is 1.79. The Balaban J connectivity index is 1.72. The molecule has 25 heavy (non-hydrogen) atoms. The van der Waals surface area contributed by atoms with Crippen molar-refractivity contribution in [3.63, 3.8) is 0 Å². The zero-order valence-corrected chi connectivity index (χ0v) is 15.5. The van der Waals surface area contributed by atoms with Crippen LogP contribution in [0.15, 0.2) is 35.7 Å². The van der Waals surface area contributed by atoms with Gasteiger partial charge in [0, 0.05) is 18.5 Å². The van der Waals surface area contributed by atoms with Gasteiger partial charge in [-0.3, -0.25) is 0 Å². The topological polar surface area (TPSA) is 50.8 Å². The molecule has 0 radical (unpaired) electrons. The number of para-hydroxylation sites is 2. The van der Waals surface area contributed by atoms with Gasteiger partial charge in [0.15, 0.2) is 0 Å². The van der Waals surface area contributed by atoms with E-state index in [0.29, 0.717) is 24.7 Å². The van der Waals surface area contributed by atoms with Gasteiger partial charge in [0.2, 0.25) is 0 Å². The molecule has 1 aliphatic heterocycles. The highest BCUT2D eigenvalue weighted by Gasteiger charge is 2.30. The zero-order valence-electron chi connectivity index (χ0n) is 14.7. The lowest BCUT2D eigenvalue weighted by Crippen LogP contribution is -2.41. The molecule has 2 heterocycles. The molecular formula is C19H24N2O3S. The Morgan fingerprint density at radius 2 is 2.16 bits per heavy atom. The van der Waals surface area contributed by atoms with Gasteiger partial charge in [-0.25, -0.2) is 4.79 Å². The molecule has 134 valence electrons. The molecule has 5 nitrogen and oxygen atoms in total. The molecule has 1 aliphatic rings. The molecule has 0 saturated carbocycles. The summed E-state index contributed by atoms with van der Waals surface area (Å²) in [5.41, 5.74) is 1.98. The molecule has 0 aliphatic carbocycles. The molecule has 6 heteroatoms. The van der Waals surface area contributed by atoms with E-state index in [9.17, 15) is 4.79 Å². The van der Waals surface area contributed by atoms with Gasteiger partial charge in [0.05, 0.1) is 18.3 Å². The maximum Gasteiger partial charge on any atom is 0.322 e. The van der Waals surface area contributed by atoms with E-state index in [-0.39, 0.29) is 12.1 Å². The van der Waals surface area contributed by atoms with Crippen molar-refractivity contribution in [2.24, 2.45) is 0 Å². The fourth-order valence-corrected chi connectivity index (χ4v) is 4.13. The van der Waals surface area contributed by atoms with Crippen LogP contribution in [-0.2, 0) is 11.2 Å². The number of carbonyl (C=O) groups is 1. The maximum absolute atomic E-state index is 12.9. The third-order valence-corrected chi connectivity index (χ3v) is 5.41. The fourth-order valence-electron chi connectivity index (χ4n) is 3.20. The van der Waals surface area contributed by atoms with Gasteiger partial charge < -0.3 is 19.7 Å². The quantitative estimate of drug-likeness (QED) is 0.781. The Labute approximate surface area is 152 Å². The van der Waals surface area contributed by atoms with E-state index >= 15 is 0 Å². The molecule has 0 saturated heterocycles. The predicted octanol–water partition coefficient (Wildman–Crippen LogP) is 4.31. The highest BCUT2D eigenvalue weighted by Crippen LogP contribution is 2.36. The molecule has 1 aromatic heterocycles. The first-order valence-electron chi connectivity index (χ1n) is 8.59. The summed E-state index contributed by atoms with van der Waals surface area (Å²) < 4.78 is 10.7. The molecule has 1 unspecified atom stereocenters. The van der Waals surface area contributed by atoms with E-state index in [1.54, 1.807) is 18.4 Å². The lowest BCUT2D eigenvalue weighted by Gasteiger charge is -2.35. The summed E-state index contributed by atoms with van der Waals surface area (Å²) in [6.07, 6.45) is 1.83. The Hall–Kier alpha value is -2.05. The Morgan fingerprint density at radius 1 is 1.32 bits per heavy atom. The maximum atomic E-state index is 12.9. The second-order valence-corrected chi connectivity index (χ2v) is 6.93. The third-order valence-electron chi connectivity index (χ3n) is 4.42. The second kappa shape index (κ2) is 8.36. The number of ether oxygens (including phenoxy) is 2. The number of benzene rings is 1. The predicted molar refractivity (Wildman–Crippen MR) is 101 cm³/mol. The molecule has 2 amide bonds. The standard InChI is InChI=1S/C19H24N2O3S/c1-3-16-14-9-13-25-18(14)8-10-21(16)19(22)20-15-6-4-5-7-17(15)24-12-11-23-2/h4-7,9,13,16H,3,8,10-12H2,1-2H3,(H,20,22). The minimum Gasteiger partial charge on any atom is -0.489 e. The number of fused-ring (bicyclic) bond motifs is 1. The molecule has 1 aromatic carbocycles. The Bertz CT molecular complexity index is 716. The number of hydrogen-bond donors (Lipinski definition) is 1. The SMILES string of the molecule is CCC1c2ccsc2CCN1C(=O)Nc1ccccc1OCCOC. The Kier molecular flexibility index (Phi) is 5.94. The van der Waals surface area contributed by atoms with Crippen molar-refractivity contribution < 1.29 is 14.3 Å². The smallest absolute Gasteiger partial charge is 0.322 e. The molecule has 0 bridgehead atoms. The van der Waals surface area contributed by atoms with Crippen molar-refractivity contribution in [1.82, 2.24) is 4.90 Å². The first-order chi connectivity index (χ1) is 12.2. The third kappa shape index (κ3) is 3.96. The summed E-state index contributed by atoms with van der Waals surface area (Å²) in [6, 6.07) is 9.71. The summed E-state index contributed by atoms with van der Waals surface area (Å²) in [5.74, 6) is 0.661. The number of thiophene rings is 1. The summed E-state index contributed by atoms with van der Waals surface area (Å²) in [5, 5.41) is 5.14. The first kappa shape index (κ1) is 17.8. The van der Waals surface area contributed by atoms with Crippen LogP contribution in [0.2, 0.25) is 0 Å². The number of hydrogen-bond acceptors (Lipinski definition) is 4. The average molecular weight is 360 g/mol. The number of urea groups is 1. The highest BCUT2D eigenvalue weighted by atomic mass is 32.1. The number of methoxy groups -OCH3 is 1. The van der Waals surface area contributed by atoms with Crippen molar-refractivity contribution in [3.05, 3.63) is 46.2 Å². The van der Waals surface area contributed by atoms with E-state index in [2.05, 4.69) is 23.7 Å². The van der Waals surface area contributed by atoms with Crippen LogP contribution in [-0.4, -0.2) is 37.8 Å². The van der Waals surface area contributed by atoms with Crippen molar-refractivity contribution in [2.45, 2.75) is 25.8 Å². The summed E-state index contributed by atoms with van der Waals surface area (Å²) in [6.45, 7) is 3.82. The summed E-state index contributed by atoms with van der Waals surface area (Å²) in [4.78, 5) is 16.2. The first-order valence-corrected chi connectivity index (χ1v) is 9.47. The number of nitrogens with one attached hydrogen (secondary N) is 1. The van der Waals surface area contributed by atoms with Crippen LogP contribution >= 0.6 is 11.3 Å². The second-order valence-electron chi connectivity index (χ2n) is 5.93. The van der Waals surface area contributed by atoms with E-state index in [0.717, 1.165) is 19.4 Å². The number of anilines is 1. The van der Waals surface area contributed by atoms with E-state index in [1.807, 2.05) is 29.2 Å². The number of amides is 2. The average Bonchev–Trinajstić information content (AvgIpc) is 3.11. The highest BCUT2D eigenvalue weighted by molar-refractivity contribution is 7.10. The van der Waals surface area contributed by atoms with Crippen LogP contribution in [0, 0.1) is 0 Å². The largest absolute Gasteiger partial charge is 0.489 e. The van der Waals surface area contributed by atoms with Crippen LogP contribution in [0.5, 0.6) is 5.75 Å². The van der Waals surface area contributed by atoms with Crippen molar-refractivity contribution >= 4 is 23.1 Å². The number of rotatable bonds is 6. The van der Waals surface area contributed by atoms with Crippen LogP contribution in [0.25, 0.3) is 0 Å². The normalized spacial score (nSPS) is 16.4. The molecule has 3 rings (SSSR count). The molecule has 1 N–H and O–H groups in total. The molecule has 1 atom stereocenters. The van der Waals surface area contributed by atoms with Gasteiger partial charge >= 0.3 is 6.03 Å². The van der Waals surface area contributed by atoms with Gasteiger partial charge in [-0.05, 0) is 42.0 Å². The zero-order chi connectivity index (χ0) is 17.6. The van der Waals surface area contributed by atoms with E-state index < -0.39 is 0 Å². The lowest BCUT2D eigenvalue weighted by atomic mass is 9.98. The number of carbonyl (C=O) groups excluding carboxylic acids is 1. The summed E-state index contributed by atoms with van der Waals surface area (Å²) in [7, 11) is 1.64. The van der Waals surface area contributed by atoms with E-state index in [4.69, 9.17) is 9.47 Å². The van der Waals surface area contributed by atoms with E-state index in [1.165, 1.54) is 10.4 Å². The monoisotopic (exact) mass is 360 g/mol. The van der Waals surface area contributed by atoms with Crippen molar-refractivity contribution in [2.75, 3.05) is 32.2 Å². The van der Waals surface area contributed by atoms with Gasteiger partial charge in [0.1, 0.15) is 12.4 Å². The van der Waals surface area contributed by atoms with Crippen LogP contribution in [0.1, 0.15) is 29.8 Å². The van der Waals surface area contributed by atoms with Gasteiger partial charge in [-0.2, -0.15) is 0 Å². The van der Waals surface area contributed by atoms with Crippen LogP contribution in [0.4, 0.5) is 10.5 Å². The minimum absolute atomic E-state index is 0.0773. The van der Waals surface area contributed by atoms with Gasteiger partial charge in [-0.1, -0.05) is 19.1 Å². The molecule has 0 spiro atoms. The van der Waals surface area contributed by atoms with Crippen LogP contribution in [0.3, 0.4) is 0 Å². The van der Waals surface area contributed by atoms with Crippen LogP contribution < -0.4 is 10.1 Å². The lowest BCUT2D eigenvalue weighted by molar-refractivity contribution is 0.146. The fraction of sp³-hybridized carbons (Fsp3) is 0.421. The molecule has 0 fully saturated rings. The Morgan fingerprint density at radius 3 is 2.96 bits per heavy atom. The molecular weight excluding hydrogens is 336 g/mol. The van der Waals surface area contributed by atoms with Gasteiger partial charge in [0.25, 0.3) is 0 Å².